The second-order valence-electron chi connectivity index (χ2n) is 4.65. The number of anilines is 2. The van der Waals surface area contributed by atoms with Crippen molar-refractivity contribution < 1.29 is 4.92 Å². The third-order valence-electron chi connectivity index (χ3n) is 3.04. The van der Waals surface area contributed by atoms with Gasteiger partial charge in [0, 0.05) is 37.0 Å². The van der Waals surface area contributed by atoms with Crippen molar-refractivity contribution >= 4 is 17.1 Å². The van der Waals surface area contributed by atoms with E-state index in [0.717, 1.165) is 30.8 Å². The van der Waals surface area contributed by atoms with E-state index in [1.54, 1.807) is 12.1 Å². The van der Waals surface area contributed by atoms with Crippen molar-refractivity contribution in [2.45, 2.75) is 6.42 Å². The van der Waals surface area contributed by atoms with Crippen molar-refractivity contribution in [3.05, 3.63) is 27.8 Å². The molecule has 6 heteroatoms. The molecule has 0 aromatic heterocycles. The first kappa shape index (κ1) is 12.6. The molecule has 0 saturated heterocycles. The summed E-state index contributed by atoms with van der Waals surface area (Å²) in [5, 5.41) is 17.5. The lowest BCUT2D eigenvalue weighted by atomic mass is 10.1. The predicted octanol–water partition coefficient (Wildman–Crippen LogP) is 1.54. The number of fused-ring (bicyclic) bond motifs is 1. The molecule has 0 atom stereocenters. The van der Waals surface area contributed by atoms with E-state index in [1.165, 1.54) is 0 Å². The van der Waals surface area contributed by atoms with Crippen molar-refractivity contribution in [2.24, 2.45) is 0 Å². The predicted molar refractivity (Wildman–Crippen MR) is 72.3 cm³/mol. The van der Waals surface area contributed by atoms with E-state index < -0.39 is 0 Å². The molecule has 2 rings (SSSR count). The second kappa shape index (κ2) is 5.22. The molecule has 1 aliphatic heterocycles. The highest BCUT2D eigenvalue weighted by Gasteiger charge is 2.23. The first-order valence-electron chi connectivity index (χ1n) is 6.02. The highest BCUT2D eigenvalue weighted by atomic mass is 16.6. The Bertz CT molecular complexity index is 460. The molecule has 0 spiro atoms. The summed E-state index contributed by atoms with van der Waals surface area (Å²) in [5.41, 5.74) is 2.87. The molecular weight excluding hydrogens is 232 g/mol. The van der Waals surface area contributed by atoms with Gasteiger partial charge in [-0.05, 0) is 26.6 Å². The second-order valence-corrected chi connectivity index (χ2v) is 4.65. The lowest BCUT2D eigenvalue weighted by molar-refractivity contribution is -0.384. The summed E-state index contributed by atoms with van der Waals surface area (Å²) < 4.78 is 0. The van der Waals surface area contributed by atoms with Gasteiger partial charge < -0.3 is 15.5 Å². The average molecular weight is 250 g/mol. The fourth-order valence-electron chi connectivity index (χ4n) is 2.14. The molecule has 0 amide bonds. The van der Waals surface area contributed by atoms with Gasteiger partial charge in [0.15, 0.2) is 0 Å². The smallest absolute Gasteiger partial charge is 0.292 e. The monoisotopic (exact) mass is 250 g/mol. The van der Waals surface area contributed by atoms with Gasteiger partial charge in [-0.3, -0.25) is 10.1 Å². The Kier molecular flexibility index (Phi) is 3.66. The number of benzene rings is 1. The van der Waals surface area contributed by atoms with Gasteiger partial charge in [0.1, 0.15) is 5.69 Å². The Morgan fingerprint density at radius 1 is 1.50 bits per heavy atom. The van der Waals surface area contributed by atoms with Gasteiger partial charge >= 0.3 is 0 Å². The number of nitrogens with zero attached hydrogens (tertiary/aromatic N) is 2. The first-order valence-corrected chi connectivity index (χ1v) is 6.02. The molecule has 1 aromatic rings. The zero-order valence-electron chi connectivity index (χ0n) is 10.7. The van der Waals surface area contributed by atoms with Crippen LogP contribution in [0.3, 0.4) is 0 Å². The third kappa shape index (κ3) is 2.53. The number of nitro benzene ring substituents is 1. The van der Waals surface area contributed by atoms with Gasteiger partial charge in [-0.2, -0.15) is 0 Å². The fraction of sp³-hybridized carbons (Fsp3) is 0.500. The van der Waals surface area contributed by atoms with Gasteiger partial charge in [-0.25, -0.2) is 0 Å². The topological polar surface area (TPSA) is 70.4 Å². The number of likely N-dealkylation sites (N-methyl/N-ethyl adjacent to an activating group) is 1. The van der Waals surface area contributed by atoms with E-state index in [1.807, 2.05) is 19.0 Å². The fourth-order valence-corrected chi connectivity index (χ4v) is 2.14. The van der Waals surface area contributed by atoms with Gasteiger partial charge in [-0.1, -0.05) is 0 Å². The molecule has 0 unspecified atom stereocenters. The molecular formula is C12H18N4O2. The summed E-state index contributed by atoms with van der Waals surface area (Å²) in [6, 6.07) is 3.35. The molecule has 1 heterocycles. The van der Waals surface area contributed by atoms with Crippen LogP contribution < -0.4 is 10.6 Å². The van der Waals surface area contributed by atoms with E-state index in [9.17, 15) is 10.1 Å². The largest absolute Gasteiger partial charge is 0.384 e. The van der Waals surface area contributed by atoms with Crippen LogP contribution in [0.25, 0.3) is 0 Å². The highest BCUT2D eigenvalue weighted by molar-refractivity contribution is 5.77. The minimum absolute atomic E-state index is 0.163. The maximum absolute atomic E-state index is 11.1. The molecule has 18 heavy (non-hydrogen) atoms. The minimum atomic E-state index is -0.323. The van der Waals surface area contributed by atoms with Crippen LogP contribution in [0, 0.1) is 10.1 Å². The van der Waals surface area contributed by atoms with E-state index in [0.29, 0.717) is 12.2 Å². The quantitative estimate of drug-likeness (QED) is 0.612. The Hall–Kier alpha value is -1.82. The van der Waals surface area contributed by atoms with Crippen LogP contribution in [0.4, 0.5) is 17.1 Å². The lowest BCUT2D eigenvalue weighted by Crippen LogP contribution is -2.21. The number of nitro groups is 1. The van der Waals surface area contributed by atoms with Crippen LogP contribution in [-0.4, -0.2) is 43.6 Å². The molecule has 1 aliphatic rings. The molecule has 0 bridgehead atoms. The Labute approximate surface area is 106 Å². The highest BCUT2D eigenvalue weighted by Crippen LogP contribution is 2.36. The average Bonchev–Trinajstić information content (AvgIpc) is 2.76. The first-order chi connectivity index (χ1) is 8.59. The summed E-state index contributed by atoms with van der Waals surface area (Å²) in [6.07, 6.45) is 0.835. The third-order valence-corrected chi connectivity index (χ3v) is 3.04. The summed E-state index contributed by atoms with van der Waals surface area (Å²) in [7, 11) is 3.96. The summed E-state index contributed by atoms with van der Waals surface area (Å²) in [5.74, 6) is 0. The van der Waals surface area contributed by atoms with Crippen LogP contribution in [0.1, 0.15) is 5.56 Å². The Morgan fingerprint density at radius 2 is 2.28 bits per heavy atom. The van der Waals surface area contributed by atoms with E-state index in [2.05, 4.69) is 10.6 Å². The van der Waals surface area contributed by atoms with Crippen molar-refractivity contribution in [3.63, 3.8) is 0 Å². The molecule has 6 nitrogen and oxygen atoms in total. The Morgan fingerprint density at radius 3 is 2.94 bits per heavy atom. The molecule has 0 saturated carbocycles. The Balaban J connectivity index is 2.24. The normalized spacial score (nSPS) is 13.3. The van der Waals surface area contributed by atoms with Crippen molar-refractivity contribution in [1.29, 1.82) is 0 Å². The van der Waals surface area contributed by atoms with Crippen LogP contribution in [0.2, 0.25) is 0 Å². The van der Waals surface area contributed by atoms with E-state index in [-0.39, 0.29) is 10.6 Å². The maximum atomic E-state index is 11.1. The van der Waals surface area contributed by atoms with E-state index >= 15 is 0 Å². The van der Waals surface area contributed by atoms with E-state index in [4.69, 9.17) is 0 Å². The van der Waals surface area contributed by atoms with Gasteiger partial charge in [0.05, 0.1) is 4.92 Å². The zero-order chi connectivity index (χ0) is 13.1. The van der Waals surface area contributed by atoms with Gasteiger partial charge in [0.2, 0.25) is 0 Å². The summed E-state index contributed by atoms with van der Waals surface area (Å²) in [4.78, 5) is 12.8. The van der Waals surface area contributed by atoms with Crippen LogP contribution >= 0.6 is 0 Å². The maximum Gasteiger partial charge on any atom is 0.292 e. The molecule has 2 N–H and O–H groups in total. The van der Waals surface area contributed by atoms with Crippen LogP contribution in [0.5, 0.6) is 0 Å². The summed E-state index contributed by atoms with van der Waals surface area (Å²) in [6.45, 7) is 2.39. The molecule has 1 aromatic carbocycles. The number of nitrogens with one attached hydrogen (secondary N) is 2. The van der Waals surface area contributed by atoms with Crippen molar-refractivity contribution in [2.75, 3.05) is 44.4 Å². The zero-order valence-corrected chi connectivity index (χ0v) is 10.7. The minimum Gasteiger partial charge on any atom is -0.384 e. The van der Waals surface area contributed by atoms with Gasteiger partial charge in [-0.15, -0.1) is 0 Å². The number of hydrogen-bond acceptors (Lipinski definition) is 5. The van der Waals surface area contributed by atoms with Crippen LogP contribution in [-0.2, 0) is 6.42 Å². The van der Waals surface area contributed by atoms with Crippen LogP contribution in [0.15, 0.2) is 12.1 Å². The summed E-state index contributed by atoms with van der Waals surface area (Å²) >= 11 is 0. The SMILES string of the molecule is CN(C)CCNc1c([N+](=O)[O-])ccc2c1CCN2. The molecule has 0 radical (unpaired) electrons. The number of rotatable bonds is 5. The molecule has 98 valence electrons. The molecule has 0 fully saturated rings. The molecule has 0 aliphatic carbocycles. The lowest BCUT2D eigenvalue weighted by Gasteiger charge is -2.14. The van der Waals surface area contributed by atoms with Crippen molar-refractivity contribution in [3.8, 4) is 0 Å². The van der Waals surface area contributed by atoms with Gasteiger partial charge in [0.25, 0.3) is 5.69 Å². The standard InChI is InChI=1S/C12H18N4O2/c1-15(2)8-7-14-12-9-5-6-13-10(9)3-4-11(12)16(17)18/h3-4,13-14H,5-8H2,1-2H3. The number of hydrogen-bond donors (Lipinski definition) is 2. The van der Waals surface area contributed by atoms with Crippen molar-refractivity contribution in [1.82, 2.24) is 4.90 Å².